The van der Waals surface area contributed by atoms with Crippen LogP contribution in [0.5, 0.6) is 5.75 Å². The minimum absolute atomic E-state index is 0.0236. The van der Waals surface area contributed by atoms with Crippen molar-refractivity contribution in [2.45, 2.75) is 26.2 Å². The summed E-state index contributed by atoms with van der Waals surface area (Å²) in [5.74, 6) is -0.228. The second kappa shape index (κ2) is 6.78. The number of H-pyrrole nitrogens is 1. The lowest BCUT2D eigenvalue weighted by atomic mass is 9.83. The zero-order valence-corrected chi connectivity index (χ0v) is 16.4. The van der Waals surface area contributed by atoms with Gasteiger partial charge in [0.05, 0.1) is 5.56 Å². The van der Waals surface area contributed by atoms with Crippen molar-refractivity contribution in [3.8, 4) is 16.9 Å². The first-order valence-corrected chi connectivity index (χ1v) is 9.33. The van der Waals surface area contributed by atoms with Gasteiger partial charge < -0.3 is 14.5 Å². The first-order valence-electron chi connectivity index (χ1n) is 9.33. The van der Waals surface area contributed by atoms with Crippen LogP contribution < -0.4 is 5.56 Å². The maximum absolute atomic E-state index is 13.1. The maximum atomic E-state index is 13.1. The molecule has 0 saturated heterocycles. The van der Waals surface area contributed by atoms with Crippen molar-refractivity contribution in [2.24, 2.45) is 0 Å². The van der Waals surface area contributed by atoms with E-state index < -0.39 is 0 Å². The number of ketones is 1. The van der Waals surface area contributed by atoms with Crippen molar-refractivity contribution >= 4 is 16.8 Å². The van der Waals surface area contributed by atoms with Crippen LogP contribution in [0.4, 0.5) is 0 Å². The summed E-state index contributed by atoms with van der Waals surface area (Å²) in [7, 11) is 0. The number of aromatic nitrogens is 1. The third-order valence-electron chi connectivity index (χ3n) is 4.96. The van der Waals surface area contributed by atoms with Crippen LogP contribution >= 0.6 is 0 Å². The smallest absolute Gasteiger partial charge is 0.255 e. The number of benzene rings is 2. The summed E-state index contributed by atoms with van der Waals surface area (Å²) >= 11 is 0. The SMILES string of the molecule is CC(C)(C)c1cc(-c2ccc[nH]c2=O)cc2c(C(=O)c3cccc(O)c3)coc12. The summed E-state index contributed by atoms with van der Waals surface area (Å²) in [6.45, 7) is 6.17. The first-order chi connectivity index (χ1) is 13.8. The summed E-state index contributed by atoms with van der Waals surface area (Å²) in [6.07, 6.45) is 3.04. The lowest BCUT2D eigenvalue weighted by Gasteiger charge is -2.20. The first kappa shape index (κ1) is 18.7. The zero-order chi connectivity index (χ0) is 20.8. The molecule has 29 heavy (non-hydrogen) atoms. The number of rotatable bonds is 3. The summed E-state index contributed by atoms with van der Waals surface area (Å²) in [5, 5.41) is 10.4. The van der Waals surface area contributed by atoms with Crippen LogP contribution in [-0.2, 0) is 5.41 Å². The van der Waals surface area contributed by atoms with E-state index in [1.807, 2.05) is 12.1 Å². The van der Waals surface area contributed by atoms with Crippen LogP contribution in [0.2, 0.25) is 0 Å². The van der Waals surface area contributed by atoms with E-state index >= 15 is 0 Å². The number of furan rings is 1. The number of phenols is 1. The number of hydrogen-bond donors (Lipinski definition) is 2. The van der Waals surface area contributed by atoms with Gasteiger partial charge >= 0.3 is 0 Å². The number of aromatic amines is 1. The summed E-state index contributed by atoms with van der Waals surface area (Å²) in [4.78, 5) is 28.2. The average Bonchev–Trinajstić information content (AvgIpc) is 3.10. The molecule has 0 amide bonds. The Kier molecular flexibility index (Phi) is 4.38. The molecule has 0 radical (unpaired) electrons. The second-order valence-corrected chi connectivity index (χ2v) is 8.09. The number of hydrogen-bond acceptors (Lipinski definition) is 4. The van der Waals surface area contributed by atoms with Crippen LogP contribution in [-0.4, -0.2) is 15.9 Å². The Hall–Kier alpha value is -3.60. The lowest BCUT2D eigenvalue weighted by molar-refractivity contribution is 0.103. The quantitative estimate of drug-likeness (QED) is 0.483. The molecule has 2 aromatic carbocycles. The Labute approximate surface area is 167 Å². The van der Waals surface area contributed by atoms with Gasteiger partial charge in [0.1, 0.15) is 17.6 Å². The molecule has 0 fully saturated rings. The van der Waals surface area contributed by atoms with Gasteiger partial charge in [-0.3, -0.25) is 9.59 Å². The molecular formula is C24H21NO4. The van der Waals surface area contributed by atoms with Crippen LogP contribution in [0.15, 0.2) is 70.2 Å². The van der Waals surface area contributed by atoms with Crippen molar-refractivity contribution in [1.29, 1.82) is 0 Å². The summed E-state index contributed by atoms with van der Waals surface area (Å²) in [6, 6.07) is 13.5. The zero-order valence-electron chi connectivity index (χ0n) is 16.4. The van der Waals surface area contributed by atoms with Gasteiger partial charge in [-0.2, -0.15) is 0 Å². The molecule has 5 heteroatoms. The fraction of sp³-hybridized carbons (Fsp3) is 0.167. The molecule has 0 bridgehead atoms. The molecule has 0 aliphatic rings. The average molecular weight is 387 g/mol. The Morgan fingerprint density at radius 1 is 1.07 bits per heavy atom. The maximum Gasteiger partial charge on any atom is 0.255 e. The molecule has 0 spiro atoms. The molecule has 0 atom stereocenters. The van der Waals surface area contributed by atoms with Gasteiger partial charge in [0.15, 0.2) is 5.78 Å². The fourth-order valence-electron chi connectivity index (χ4n) is 3.48. The second-order valence-electron chi connectivity index (χ2n) is 8.09. The van der Waals surface area contributed by atoms with E-state index in [0.29, 0.717) is 27.7 Å². The fourth-order valence-corrected chi connectivity index (χ4v) is 3.48. The van der Waals surface area contributed by atoms with Crippen LogP contribution in [0, 0.1) is 0 Å². The van der Waals surface area contributed by atoms with E-state index in [2.05, 4.69) is 25.8 Å². The van der Waals surface area contributed by atoms with Gasteiger partial charge in [-0.15, -0.1) is 0 Å². The molecule has 0 saturated carbocycles. The predicted molar refractivity (Wildman–Crippen MR) is 113 cm³/mol. The van der Waals surface area contributed by atoms with E-state index in [0.717, 1.165) is 11.1 Å². The molecule has 4 rings (SSSR count). The van der Waals surface area contributed by atoms with E-state index in [4.69, 9.17) is 4.42 Å². The summed E-state index contributed by atoms with van der Waals surface area (Å²) in [5.41, 5.74) is 3.07. The van der Waals surface area contributed by atoms with Crippen LogP contribution in [0.1, 0.15) is 42.3 Å². The highest BCUT2D eigenvalue weighted by molar-refractivity contribution is 6.16. The van der Waals surface area contributed by atoms with Crippen LogP contribution in [0.25, 0.3) is 22.1 Å². The molecule has 4 aromatic rings. The number of nitrogens with one attached hydrogen (secondary N) is 1. The van der Waals surface area contributed by atoms with Gasteiger partial charge in [0.2, 0.25) is 0 Å². The largest absolute Gasteiger partial charge is 0.508 e. The van der Waals surface area contributed by atoms with Gasteiger partial charge in [0.25, 0.3) is 5.56 Å². The van der Waals surface area contributed by atoms with Crippen molar-refractivity contribution in [3.63, 3.8) is 0 Å². The minimum Gasteiger partial charge on any atom is -0.508 e. The Morgan fingerprint density at radius 2 is 1.86 bits per heavy atom. The lowest BCUT2D eigenvalue weighted by Crippen LogP contribution is -2.13. The predicted octanol–water partition coefficient (Wildman–Crippen LogP) is 5.02. The summed E-state index contributed by atoms with van der Waals surface area (Å²) < 4.78 is 5.83. The molecule has 0 unspecified atom stereocenters. The normalized spacial score (nSPS) is 11.7. The topological polar surface area (TPSA) is 83.3 Å². The number of carbonyl (C=O) groups is 1. The van der Waals surface area contributed by atoms with E-state index in [1.54, 1.807) is 30.5 Å². The van der Waals surface area contributed by atoms with Gasteiger partial charge in [-0.05, 0) is 47.4 Å². The molecule has 2 aromatic heterocycles. The molecule has 0 aliphatic heterocycles. The highest BCUT2D eigenvalue weighted by Crippen LogP contribution is 2.37. The Morgan fingerprint density at radius 3 is 2.55 bits per heavy atom. The standard InChI is InChI=1S/C24H21NO4/c1-24(2,3)20-12-15(17-8-5-9-25-23(17)28)11-18-19(13-29-22(18)20)21(27)14-6-4-7-16(26)10-14/h4-13,26H,1-3H3,(H,25,28). The van der Waals surface area contributed by atoms with Crippen molar-refractivity contribution < 1.29 is 14.3 Å². The highest BCUT2D eigenvalue weighted by atomic mass is 16.3. The molecule has 2 heterocycles. The molecular weight excluding hydrogens is 366 g/mol. The minimum atomic E-state index is -0.265. The number of pyridine rings is 1. The molecule has 146 valence electrons. The number of carbonyl (C=O) groups excluding carboxylic acids is 1. The number of phenolic OH excluding ortho intramolecular Hbond substituents is 1. The number of fused-ring (bicyclic) bond motifs is 1. The Bertz CT molecular complexity index is 1290. The van der Waals surface area contributed by atoms with Crippen molar-refractivity contribution in [3.05, 3.63) is 88.0 Å². The van der Waals surface area contributed by atoms with Gasteiger partial charge in [0, 0.05) is 28.3 Å². The highest BCUT2D eigenvalue weighted by Gasteiger charge is 2.25. The molecule has 0 aliphatic carbocycles. The third kappa shape index (κ3) is 3.36. The molecule has 2 N–H and O–H groups in total. The van der Waals surface area contributed by atoms with Crippen LogP contribution in [0.3, 0.4) is 0 Å². The van der Waals surface area contributed by atoms with Gasteiger partial charge in [-0.1, -0.05) is 32.9 Å². The van der Waals surface area contributed by atoms with Crippen molar-refractivity contribution in [1.82, 2.24) is 4.98 Å². The van der Waals surface area contributed by atoms with Crippen molar-refractivity contribution in [2.75, 3.05) is 0 Å². The number of aromatic hydroxyl groups is 1. The van der Waals surface area contributed by atoms with Gasteiger partial charge in [-0.25, -0.2) is 0 Å². The van der Waals surface area contributed by atoms with E-state index in [-0.39, 0.29) is 22.5 Å². The van der Waals surface area contributed by atoms with E-state index in [1.165, 1.54) is 18.4 Å². The Balaban J connectivity index is 1.99. The third-order valence-corrected chi connectivity index (χ3v) is 4.96. The molecule has 5 nitrogen and oxygen atoms in total. The van der Waals surface area contributed by atoms with E-state index in [9.17, 15) is 14.7 Å². The monoisotopic (exact) mass is 387 g/mol.